The van der Waals surface area contributed by atoms with Gasteiger partial charge in [-0.15, -0.1) is 0 Å². The Labute approximate surface area is 154 Å². The second-order valence-electron chi connectivity index (χ2n) is 7.31. The number of aromatic nitrogens is 1. The molecule has 0 atom stereocenters. The Bertz CT molecular complexity index is 819. The number of halogens is 3. The normalized spacial score (nSPS) is 18.6. The van der Waals surface area contributed by atoms with Crippen molar-refractivity contribution >= 4 is 5.91 Å². The first-order chi connectivity index (χ1) is 13.0. The zero-order valence-electron chi connectivity index (χ0n) is 14.7. The SMILES string of the molecule is O=C(NC1CCN(CC2CC2)CC1)c1cc(-c2c(F)cc(F)cc2F)on1. The van der Waals surface area contributed by atoms with E-state index < -0.39 is 28.9 Å². The van der Waals surface area contributed by atoms with E-state index in [1.165, 1.54) is 12.8 Å². The average molecular weight is 379 g/mol. The average Bonchev–Trinajstić information content (AvgIpc) is 3.29. The highest BCUT2D eigenvalue weighted by molar-refractivity contribution is 5.93. The van der Waals surface area contributed by atoms with Crippen molar-refractivity contribution in [3.8, 4) is 11.3 Å². The summed E-state index contributed by atoms with van der Waals surface area (Å²) in [6.45, 7) is 3.02. The molecule has 144 valence electrons. The molecule has 0 radical (unpaired) electrons. The number of amides is 1. The smallest absolute Gasteiger partial charge is 0.273 e. The van der Waals surface area contributed by atoms with Gasteiger partial charge in [-0.25, -0.2) is 13.2 Å². The zero-order chi connectivity index (χ0) is 19.0. The molecule has 0 bridgehead atoms. The number of hydrogen-bond acceptors (Lipinski definition) is 4. The fraction of sp³-hybridized carbons (Fsp3) is 0.474. The van der Waals surface area contributed by atoms with Gasteiger partial charge in [0.25, 0.3) is 5.91 Å². The van der Waals surface area contributed by atoms with E-state index in [0.29, 0.717) is 12.1 Å². The van der Waals surface area contributed by atoms with Gasteiger partial charge in [-0.1, -0.05) is 5.16 Å². The van der Waals surface area contributed by atoms with Crippen LogP contribution >= 0.6 is 0 Å². The number of carbonyl (C=O) groups is 1. The Morgan fingerprint density at radius 1 is 1.11 bits per heavy atom. The first-order valence-corrected chi connectivity index (χ1v) is 9.14. The fourth-order valence-corrected chi connectivity index (χ4v) is 3.46. The van der Waals surface area contributed by atoms with E-state index in [1.807, 2.05) is 0 Å². The molecular formula is C19H20F3N3O2. The monoisotopic (exact) mass is 379 g/mol. The summed E-state index contributed by atoms with van der Waals surface area (Å²) in [5.41, 5.74) is -0.607. The summed E-state index contributed by atoms with van der Waals surface area (Å²) in [5, 5.41) is 6.49. The van der Waals surface area contributed by atoms with Crippen LogP contribution in [-0.4, -0.2) is 41.6 Å². The molecule has 0 spiro atoms. The standard InChI is InChI=1S/C19H20F3N3O2/c20-12-7-14(21)18(15(22)8-12)17-9-16(24-27-17)19(26)23-13-3-5-25(6-4-13)10-11-1-2-11/h7-9,11,13H,1-6,10H2,(H,23,26). The minimum atomic E-state index is -1.11. The third-order valence-corrected chi connectivity index (χ3v) is 5.13. The van der Waals surface area contributed by atoms with E-state index in [1.54, 1.807) is 0 Å². The number of benzene rings is 1. The van der Waals surface area contributed by atoms with E-state index in [0.717, 1.165) is 44.5 Å². The van der Waals surface area contributed by atoms with Crippen molar-refractivity contribution in [2.45, 2.75) is 31.7 Å². The second-order valence-corrected chi connectivity index (χ2v) is 7.31. The van der Waals surface area contributed by atoms with Crippen molar-refractivity contribution in [2.75, 3.05) is 19.6 Å². The molecule has 1 amide bonds. The van der Waals surface area contributed by atoms with Crippen molar-refractivity contribution in [2.24, 2.45) is 5.92 Å². The predicted octanol–water partition coefficient (Wildman–Crippen LogP) is 3.36. The maximum atomic E-state index is 13.8. The van der Waals surface area contributed by atoms with E-state index in [2.05, 4.69) is 15.4 Å². The molecule has 2 aromatic rings. The molecule has 1 aliphatic carbocycles. The second kappa shape index (κ2) is 7.34. The molecule has 1 aliphatic heterocycles. The van der Waals surface area contributed by atoms with Crippen LogP contribution in [0.5, 0.6) is 0 Å². The summed E-state index contributed by atoms with van der Waals surface area (Å²) in [6.07, 6.45) is 4.34. The predicted molar refractivity (Wildman–Crippen MR) is 91.5 cm³/mol. The van der Waals surface area contributed by atoms with Gasteiger partial charge in [0, 0.05) is 43.9 Å². The number of hydrogen-bond donors (Lipinski definition) is 1. The van der Waals surface area contributed by atoms with Gasteiger partial charge in [-0.05, 0) is 31.6 Å². The first kappa shape index (κ1) is 18.0. The molecule has 1 saturated carbocycles. The van der Waals surface area contributed by atoms with Crippen LogP contribution in [0.25, 0.3) is 11.3 Å². The summed E-state index contributed by atoms with van der Waals surface area (Å²) in [5.74, 6) is -3.11. The highest BCUT2D eigenvalue weighted by Crippen LogP contribution is 2.31. The van der Waals surface area contributed by atoms with Gasteiger partial charge in [-0.3, -0.25) is 4.79 Å². The number of rotatable bonds is 5. The van der Waals surface area contributed by atoms with Gasteiger partial charge in [0.2, 0.25) is 0 Å². The molecule has 0 unspecified atom stereocenters. The van der Waals surface area contributed by atoms with E-state index in [-0.39, 0.29) is 17.5 Å². The molecule has 1 aromatic heterocycles. The molecule has 27 heavy (non-hydrogen) atoms. The van der Waals surface area contributed by atoms with E-state index in [4.69, 9.17) is 4.52 Å². The summed E-state index contributed by atoms with van der Waals surface area (Å²) in [6, 6.07) is 2.30. The lowest BCUT2D eigenvalue weighted by Gasteiger charge is -2.32. The van der Waals surface area contributed by atoms with Crippen LogP contribution in [0.3, 0.4) is 0 Å². The molecule has 1 N–H and O–H groups in total. The van der Waals surface area contributed by atoms with Crippen LogP contribution in [0.2, 0.25) is 0 Å². The molecule has 2 heterocycles. The minimum absolute atomic E-state index is 0.0346. The summed E-state index contributed by atoms with van der Waals surface area (Å²) >= 11 is 0. The third-order valence-electron chi connectivity index (χ3n) is 5.13. The van der Waals surface area contributed by atoms with Crippen LogP contribution in [0, 0.1) is 23.4 Å². The summed E-state index contributed by atoms with van der Waals surface area (Å²) < 4.78 is 45.6. The molecule has 4 rings (SSSR count). The zero-order valence-corrected chi connectivity index (χ0v) is 14.7. The Morgan fingerprint density at radius 3 is 2.41 bits per heavy atom. The van der Waals surface area contributed by atoms with Gasteiger partial charge < -0.3 is 14.7 Å². The quantitative estimate of drug-likeness (QED) is 0.866. The molecule has 1 aromatic carbocycles. The molecule has 8 heteroatoms. The number of carbonyl (C=O) groups excluding carboxylic acids is 1. The lowest BCUT2D eigenvalue weighted by molar-refractivity contribution is 0.0900. The summed E-state index contributed by atoms with van der Waals surface area (Å²) in [7, 11) is 0. The number of likely N-dealkylation sites (tertiary alicyclic amines) is 1. The molecule has 2 fully saturated rings. The van der Waals surface area contributed by atoms with Crippen LogP contribution in [0.1, 0.15) is 36.2 Å². The number of nitrogens with zero attached hydrogens (tertiary/aromatic N) is 2. The maximum absolute atomic E-state index is 13.8. The van der Waals surface area contributed by atoms with Gasteiger partial charge in [0.05, 0.1) is 5.56 Å². The third kappa shape index (κ3) is 4.16. The van der Waals surface area contributed by atoms with Crippen LogP contribution < -0.4 is 5.32 Å². The number of piperidine rings is 1. The fourth-order valence-electron chi connectivity index (χ4n) is 3.46. The van der Waals surface area contributed by atoms with E-state index >= 15 is 0 Å². The largest absolute Gasteiger partial charge is 0.355 e. The lowest BCUT2D eigenvalue weighted by Crippen LogP contribution is -2.45. The number of nitrogens with one attached hydrogen (secondary N) is 1. The maximum Gasteiger partial charge on any atom is 0.273 e. The minimum Gasteiger partial charge on any atom is -0.355 e. The molecule has 5 nitrogen and oxygen atoms in total. The Morgan fingerprint density at radius 2 is 1.78 bits per heavy atom. The Hall–Kier alpha value is -2.35. The van der Waals surface area contributed by atoms with Crippen molar-refractivity contribution < 1.29 is 22.5 Å². The Kier molecular flexibility index (Phi) is 4.90. The highest BCUT2D eigenvalue weighted by Gasteiger charge is 2.28. The van der Waals surface area contributed by atoms with Crippen molar-refractivity contribution in [1.82, 2.24) is 15.4 Å². The van der Waals surface area contributed by atoms with E-state index in [9.17, 15) is 18.0 Å². The van der Waals surface area contributed by atoms with Gasteiger partial charge in [0.1, 0.15) is 17.5 Å². The van der Waals surface area contributed by atoms with Crippen LogP contribution in [0.15, 0.2) is 22.7 Å². The summed E-state index contributed by atoms with van der Waals surface area (Å²) in [4.78, 5) is 14.8. The molecule has 1 saturated heterocycles. The Balaban J connectivity index is 1.38. The lowest BCUT2D eigenvalue weighted by atomic mass is 10.0. The van der Waals surface area contributed by atoms with Gasteiger partial charge in [-0.2, -0.15) is 0 Å². The topological polar surface area (TPSA) is 58.4 Å². The first-order valence-electron chi connectivity index (χ1n) is 9.14. The highest BCUT2D eigenvalue weighted by atomic mass is 19.1. The van der Waals surface area contributed by atoms with Crippen LogP contribution in [-0.2, 0) is 0 Å². The van der Waals surface area contributed by atoms with Crippen molar-refractivity contribution in [1.29, 1.82) is 0 Å². The van der Waals surface area contributed by atoms with Crippen molar-refractivity contribution in [3.63, 3.8) is 0 Å². The van der Waals surface area contributed by atoms with Gasteiger partial charge in [0.15, 0.2) is 11.5 Å². The molecular weight excluding hydrogens is 359 g/mol. The van der Waals surface area contributed by atoms with Crippen molar-refractivity contribution in [3.05, 3.63) is 41.3 Å². The molecule has 2 aliphatic rings. The van der Waals surface area contributed by atoms with Crippen LogP contribution in [0.4, 0.5) is 13.2 Å². The van der Waals surface area contributed by atoms with Gasteiger partial charge >= 0.3 is 0 Å².